The number of halogens is 1. The van der Waals surface area contributed by atoms with Crippen LogP contribution in [0.15, 0.2) is 35.7 Å². The third kappa shape index (κ3) is 2.40. The van der Waals surface area contributed by atoms with Gasteiger partial charge >= 0.3 is 0 Å². The molecule has 2 aromatic heterocycles. The average molecular weight is 367 g/mol. The summed E-state index contributed by atoms with van der Waals surface area (Å²) in [7, 11) is 0. The zero-order chi connectivity index (χ0) is 17.7. The second-order valence-corrected chi connectivity index (χ2v) is 7.84. The quantitative estimate of drug-likeness (QED) is 0.692. The van der Waals surface area contributed by atoms with Crippen molar-refractivity contribution >= 4 is 17.2 Å². The van der Waals surface area contributed by atoms with Gasteiger partial charge in [-0.3, -0.25) is 4.79 Å². The van der Waals surface area contributed by atoms with Crippen LogP contribution in [0, 0.1) is 5.82 Å². The molecule has 3 aromatic rings. The largest absolute Gasteiger partial charge is 0.333 e. The maximum Gasteiger partial charge on any atom is 0.274 e. The molecule has 1 aromatic carbocycles. The molecule has 0 spiro atoms. The number of hydrogen-bond acceptors (Lipinski definition) is 3. The molecule has 132 valence electrons. The van der Waals surface area contributed by atoms with Crippen LogP contribution in [-0.4, -0.2) is 27.1 Å². The van der Waals surface area contributed by atoms with E-state index in [0.29, 0.717) is 24.5 Å². The van der Waals surface area contributed by atoms with Crippen molar-refractivity contribution in [3.63, 3.8) is 0 Å². The van der Waals surface area contributed by atoms with Crippen LogP contribution in [0.25, 0.3) is 5.69 Å². The van der Waals surface area contributed by atoms with E-state index in [0.717, 1.165) is 36.9 Å². The molecule has 5 rings (SSSR count). The van der Waals surface area contributed by atoms with Gasteiger partial charge in [-0.1, -0.05) is 12.1 Å². The molecule has 1 aliphatic heterocycles. The maximum absolute atomic E-state index is 14.3. The lowest BCUT2D eigenvalue weighted by atomic mass is 10.1. The van der Waals surface area contributed by atoms with E-state index >= 15 is 0 Å². The van der Waals surface area contributed by atoms with Gasteiger partial charge in [0.2, 0.25) is 0 Å². The van der Waals surface area contributed by atoms with Crippen molar-refractivity contribution in [2.24, 2.45) is 0 Å². The van der Waals surface area contributed by atoms with Gasteiger partial charge in [-0.2, -0.15) is 5.10 Å². The predicted octanol–water partition coefficient (Wildman–Crippen LogP) is 3.76. The van der Waals surface area contributed by atoms with E-state index in [1.165, 1.54) is 16.5 Å². The number of amides is 1. The van der Waals surface area contributed by atoms with E-state index in [-0.39, 0.29) is 11.7 Å². The van der Waals surface area contributed by atoms with Gasteiger partial charge in [0, 0.05) is 29.2 Å². The van der Waals surface area contributed by atoms with Crippen LogP contribution in [0.1, 0.15) is 38.6 Å². The van der Waals surface area contributed by atoms with Gasteiger partial charge in [-0.15, -0.1) is 11.3 Å². The van der Waals surface area contributed by atoms with Crippen molar-refractivity contribution in [2.45, 2.75) is 32.2 Å². The van der Waals surface area contributed by atoms with Crippen LogP contribution in [0.3, 0.4) is 0 Å². The van der Waals surface area contributed by atoms with E-state index in [1.807, 2.05) is 4.90 Å². The van der Waals surface area contributed by atoms with Gasteiger partial charge in [0.15, 0.2) is 5.69 Å². The molecular weight excluding hydrogens is 349 g/mol. The lowest BCUT2D eigenvalue weighted by Gasteiger charge is -2.26. The molecule has 6 heteroatoms. The number of thiophene rings is 1. The molecule has 1 amide bonds. The highest BCUT2D eigenvalue weighted by molar-refractivity contribution is 7.10. The minimum atomic E-state index is -0.315. The number of benzene rings is 1. The van der Waals surface area contributed by atoms with Crippen molar-refractivity contribution in [3.8, 4) is 5.69 Å². The van der Waals surface area contributed by atoms with Crippen molar-refractivity contribution < 1.29 is 9.18 Å². The standard InChI is InChI=1S/C20H18FN3OS/c21-15-5-1-2-6-17(15)24-16-7-3-4-14(16)19(22-24)20(25)23-10-8-18-13(12-23)9-11-26-18/h1-2,5-6,9,11H,3-4,7-8,10,12H2. The molecule has 4 nitrogen and oxygen atoms in total. The third-order valence-corrected chi connectivity index (χ3v) is 6.33. The van der Waals surface area contributed by atoms with Gasteiger partial charge in [-0.05, 0) is 54.8 Å². The van der Waals surface area contributed by atoms with Gasteiger partial charge in [0.05, 0.1) is 0 Å². The molecular formula is C20H18FN3OS. The Bertz CT molecular complexity index is 1010. The second kappa shape index (κ2) is 6.06. The maximum atomic E-state index is 14.3. The molecule has 0 saturated heterocycles. The van der Waals surface area contributed by atoms with Crippen LogP contribution in [0.4, 0.5) is 4.39 Å². The van der Waals surface area contributed by atoms with Crippen LogP contribution >= 0.6 is 11.3 Å². The Balaban J connectivity index is 1.53. The van der Waals surface area contributed by atoms with Crippen molar-refractivity contribution in [1.82, 2.24) is 14.7 Å². The minimum absolute atomic E-state index is 0.0323. The smallest absolute Gasteiger partial charge is 0.274 e. The molecule has 0 saturated carbocycles. The topological polar surface area (TPSA) is 38.1 Å². The Labute approximate surface area is 154 Å². The number of carbonyl (C=O) groups is 1. The summed E-state index contributed by atoms with van der Waals surface area (Å²) in [6.45, 7) is 1.35. The summed E-state index contributed by atoms with van der Waals surface area (Å²) in [4.78, 5) is 16.4. The van der Waals surface area contributed by atoms with Crippen LogP contribution in [-0.2, 0) is 25.8 Å². The fraction of sp³-hybridized carbons (Fsp3) is 0.300. The van der Waals surface area contributed by atoms with E-state index in [2.05, 4.69) is 16.5 Å². The molecule has 0 bridgehead atoms. The fourth-order valence-corrected chi connectivity index (χ4v) is 4.89. The van der Waals surface area contributed by atoms with E-state index in [4.69, 9.17) is 0 Å². The summed E-state index contributed by atoms with van der Waals surface area (Å²) in [6, 6.07) is 8.71. The highest BCUT2D eigenvalue weighted by atomic mass is 32.1. The highest BCUT2D eigenvalue weighted by Gasteiger charge is 2.31. The summed E-state index contributed by atoms with van der Waals surface area (Å²) < 4.78 is 15.9. The summed E-state index contributed by atoms with van der Waals surface area (Å²) in [5.41, 5.74) is 4.13. The van der Waals surface area contributed by atoms with Crippen LogP contribution in [0.2, 0.25) is 0 Å². The molecule has 0 N–H and O–H groups in total. The first-order valence-electron chi connectivity index (χ1n) is 8.92. The van der Waals surface area contributed by atoms with E-state index < -0.39 is 0 Å². The molecule has 0 unspecified atom stereocenters. The van der Waals surface area contributed by atoms with Gasteiger partial charge in [-0.25, -0.2) is 9.07 Å². The van der Waals surface area contributed by atoms with Gasteiger partial charge in [0.1, 0.15) is 11.5 Å². The third-order valence-electron chi connectivity index (χ3n) is 5.31. The Morgan fingerprint density at radius 3 is 2.92 bits per heavy atom. The Morgan fingerprint density at radius 2 is 2.04 bits per heavy atom. The SMILES string of the molecule is O=C(c1nn(-c2ccccc2F)c2c1CCC2)N1CCc2sccc2C1. The zero-order valence-electron chi connectivity index (χ0n) is 14.2. The second-order valence-electron chi connectivity index (χ2n) is 6.84. The Hall–Kier alpha value is -2.47. The minimum Gasteiger partial charge on any atom is -0.333 e. The first-order valence-corrected chi connectivity index (χ1v) is 9.80. The monoisotopic (exact) mass is 367 g/mol. The number of nitrogens with zero attached hydrogens (tertiary/aromatic N) is 3. The predicted molar refractivity (Wildman–Crippen MR) is 98.3 cm³/mol. The molecule has 2 aliphatic rings. The zero-order valence-corrected chi connectivity index (χ0v) is 15.1. The van der Waals surface area contributed by atoms with Gasteiger partial charge in [0.25, 0.3) is 5.91 Å². The molecule has 3 heterocycles. The van der Waals surface area contributed by atoms with Crippen molar-refractivity contribution in [2.75, 3.05) is 6.54 Å². The summed E-state index contributed by atoms with van der Waals surface area (Å²) in [6.07, 6.45) is 3.55. The first kappa shape index (κ1) is 15.8. The molecule has 0 fully saturated rings. The number of hydrogen-bond donors (Lipinski definition) is 0. The van der Waals surface area contributed by atoms with E-state index in [9.17, 15) is 9.18 Å². The Kier molecular flexibility index (Phi) is 3.67. The number of carbonyl (C=O) groups excluding carboxylic acids is 1. The average Bonchev–Trinajstić information content (AvgIpc) is 3.37. The molecule has 0 atom stereocenters. The number of para-hydroxylation sites is 1. The summed E-state index contributed by atoms with van der Waals surface area (Å²) in [5, 5.41) is 6.66. The van der Waals surface area contributed by atoms with Crippen molar-refractivity contribution in [3.05, 3.63) is 68.9 Å². The lowest BCUT2D eigenvalue weighted by molar-refractivity contribution is 0.0728. The Morgan fingerprint density at radius 1 is 1.15 bits per heavy atom. The van der Waals surface area contributed by atoms with Gasteiger partial charge < -0.3 is 4.90 Å². The molecule has 1 aliphatic carbocycles. The van der Waals surface area contributed by atoms with Crippen LogP contribution in [0.5, 0.6) is 0 Å². The molecule has 0 radical (unpaired) electrons. The summed E-state index contributed by atoms with van der Waals surface area (Å²) >= 11 is 1.76. The highest BCUT2D eigenvalue weighted by Crippen LogP contribution is 2.31. The normalized spacial score (nSPS) is 15.8. The number of aromatic nitrogens is 2. The van der Waals surface area contributed by atoms with Crippen molar-refractivity contribution in [1.29, 1.82) is 0 Å². The lowest BCUT2D eigenvalue weighted by Crippen LogP contribution is -2.36. The van der Waals surface area contributed by atoms with Crippen LogP contribution < -0.4 is 0 Å². The first-order chi connectivity index (χ1) is 12.7. The fourth-order valence-electron chi connectivity index (χ4n) is 4.00. The molecule has 26 heavy (non-hydrogen) atoms. The summed E-state index contributed by atoms with van der Waals surface area (Å²) in [5.74, 6) is -0.348. The van der Waals surface area contributed by atoms with E-state index in [1.54, 1.807) is 34.2 Å². The number of fused-ring (bicyclic) bond motifs is 2. The number of rotatable bonds is 2.